The average Bonchev–Trinajstić information content (AvgIpc) is 1.72. The summed E-state index contributed by atoms with van der Waals surface area (Å²) in [4.78, 5) is 0. The molecule has 1 aromatic heterocycles. The van der Waals surface area contributed by atoms with Gasteiger partial charge in [-0.2, -0.15) is 0 Å². The van der Waals surface area contributed by atoms with Crippen LogP contribution in [0.25, 0.3) is 0 Å². The fourth-order valence-corrected chi connectivity index (χ4v) is 0.205. The van der Waals surface area contributed by atoms with E-state index < -0.39 is 0 Å². The topological polar surface area (TPSA) is 38.7 Å². The zero-order chi connectivity index (χ0) is 4.24. The molecule has 1 radical (unpaired) electrons. The van der Waals surface area contributed by atoms with Crippen molar-refractivity contribution in [3.05, 3.63) is 18.5 Å². The van der Waals surface area contributed by atoms with E-state index in [0.29, 0.717) is 0 Å². The Morgan fingerprint density at radius 2 is 1.57 bits per heavy atom. The van der Waals surface area contributed by atoms with Crippen molar-refractivity contribution < 1.29 is 16.8 Å². The Balaban J connectivity index is 0.000000360. The number of nitrogens with zero attached hydrogens (tertiary/aromatic N) is 3. The summed E-state index contributed by atoms with van der Waals surface area (Å²) in [6, 6.07) is 1.72. The van der Waals surface area contributed by atoms with E-state index in [9.17, 15) is 0 Å². The van der Waals surface area contributed by atoms with E-state index in [4.69, 9.17) is 0 Å². The van der Waals surface area contributed by atoms with E-state index >= 15 is 0 Å². The van der Waals surface area contributed by atoms with Gasteiger partial charge in [0.25, 0.3) is 0 Å². The van der Waals surface area contributed by atoms with Crippen LogP contribution in [-0.4, -0.2) is 15.4 Å². The molecular formula is C3H3CoN3. The molecule has 0 fully saturated rings. The molecule has 0 aliphatic carbocycles. The van der Waals surface area contributed by atoms with Gasteiger partial charge in [0.15, 0.2) is 0 Å². The molecule has 0 saturated carbocycles. The van der Waals surface area contributed by atoms with Crippen LogP contribution >= 0.6 is 0 Å². The van der Waals surface area contributed by atoms with Crippen LogP contribution in [-0.2, 0) is 16.8 Å². The Kier molecular flexibility index (Phi) is 3.44. The third-order valence-corrected chi connectivity index (χ3v) is 0.409. The largest absolute Gasteiger partial charge is 0.139 e. The fourth-order valence-electron chi connectivity index (χ4n) is 0.205. The van der Waals surface area contributed by atoms with E-state index in [1.807, 2.05) is 0 Å². The van der Waals surface area contributed by atoms with Crippen LogP contribution in [0.4, 0.5) is 0 Å². The minimum absolute atomic E-state index is 0. The number of hydrogen-bond donors (Lipinski definition) is 0. The van der Waals surface area contributed by atoms with Crippen LogP contribution in [0.5, 0.6) is 0 Å². The molecule has 1 heterocycles. The predicted octanol–water partition coefficient (Wildman–Crippen LogP) is -0.131. The Labute approximate surface area is 51.3 Å². The molecule has 1 rings (SSSR count). The van der Waals surface area contributed by atoms with Gasteiger partial charge in [-0.25, -0.2) is 0 Å². The van der Waals surface area contributed by atoms with Gasteiger partial charge < -0.3 is 0 Å². The summed E-state index contributed by atoms with van der Waals surface area (Å²) in [6.45, 7) is 0. The molecule has 1 aromatic rings. The van der Waals surface area contributed by atoms with E-state index in [2.05, 4.69) is 15.4 Å². The van der Waals surface area contributed by atoms with E-state index in [0.717, 1.165) is 0 Å². The summed E-state index contributed by atoms with van der Waals surface area (Å²) in [5.41, 5.74) is 0. The Hall–Kier alpha value is -0.484. The van der Waals surface area contributed by atoms with Crippen LogP contribution in [0.15, 0.2) is 18.5 Å². The molecule has 0 atom stereocenters. The second-order valence-electron chi connectivity index (χ2n) is 0.811. The zero-order valence-corrected chi connectivity index (χ0v) is 4.45. The predicted molar refractivity (Wildman–Crippen MR) is 19.8 cm³/mol. The summed E-state index contributed by atoms with van der Waals surface area (Å²) < 4.78 is 0. The third-order valence-electron chi connectivity index (χ3n) is 0.409. The van der Waals surface area contributed by atoms with Crippen molar-refractivity contribution >= 4 is 0 Å². The van der Waals surface area contributed by atoms with Crippen molar-refractivity contribution in [3.63, 3.8) is 0 Å². The molecule has 0 bridgehead atoms. The number of hydrogen-bond acceptors (Lipinski definition) is 3. The molecule has 0 saturated heterocycles. The summed E-state index contributed by atoms with van der Waals surface area (Å²) in [7, 11) is 0. The van der Waals surface area contributed by atoms with E-state index in [1.54, 1.807) is 18.5 Å². The molecule has 39 valence electrons. The van der Waals surface area contributed by atoms with E-state index in [1.165, 1.54) is 0 Å². The molecular weight excluding hydrogens is 137 g/mol. The summed E-state index contributed by atoms with van der Waals surface area (Å²) in [6.07, 6.45) is 3.15. The summed E-state index contributed by atoms with van der Waals surface area (Å²) in [5, 5.41) is 10.1. The molecule has 0 unspecified atom stereocenters. The van der Waals surface area contributed by atoms with Gasteiger partial charge in [0.2, 0.25) is 0 Å². The normalized spacial score (nSPS) is 6.86. The second kappa shape index (κ2) is 3.70. The minimum atomic E-state index is 0. The summed E-state index contributed by atoms with van der Waals surface area (Å²) >= 11 is 0. The molecule has 0 N–H and O–H groups in total. The van der Waals surface area contributed by atoms with Gasteiger partial charge in [-0.3, -0.25) is 0 Å². The van der Waals surface area contributed by atoms with Crippen molar-refractivity contribution in [2.45, 2.75) is 0 Å². The molecule has 0 spiro atoms. The maximum Gasteiger partial charge on any atom is 0.0529 e. The van der Waals surface area contributed by atoms with E-state index in [-0.39, 0.29) is 16.8 Å². The Morgan fingerprint density at radius 1 is 1.00 bits per heavy atom. The quantitative estimate of drug-likeness (QED) is 0.503. The zero-order valence-electron chi connectivity index (χ0n) is 3.41. The molecule has 0 aliphatic rings. The van der Waals surface area contributed by atoms with Crippen LogP contribution < -0.4 is 0 Å². The third kappa shape index (κ3) is 2.24. The van der Waals surface area contributed by atoms with Crippen LogP contribution in [0.1, 0.15) is 0 Å². The monoisotopic (exact) mass is 140 g/mol. The number of rotatable bonds is 0. The maximum absolute atomic E-state index is 3.42. The van der Waals surface area contributed by atoms with Gasteiger partial charge in [-0.05, 0) is 11.3 Å². The van der Waals surface area contributed by atoms with Crippen molar-refractivity contribution in [1.29, 1.82) is 0 Å². The summed E-state index contributed by atoms with van der Waals surface area (Å²) in [5.74, 6) is 0. The first kappa shape index (κ1) is 6.52. The second-order valence-corrected chi connectivity index (χ2v) is 0.811. The minimum Gasteiger partial charge on any atom is -0.139 e. The first-order chi connectivity index (χ1) is 3.00. The first-order valence-corrected chi connectivity index (χ1v) is 1.58. The molecule has 4 heteroatoms. The van der Waals surface area contributed by atoms with Gasteiger partial charge in [0, 0.05) is 16.8 Å². The Morgan fingerprint density at radius 3 is 1.71 bits per heavy atom. The van der Waals surface area contributed by atoms with Gasteiger partial charge >= 0.3 is 0 Å². The van der Waals surface area contributed by atoms with Crippen molar-refractivity contribution in [2.75, 3.05) is 0 Å². The standard InChI is InChI=1S/C3H3N3.Co/c1-2-4-6-5-3-1;/h1-3H;. The molecule has 0 aliphatic heterocycles. The van der Waals surface area contributed by atoms with Crippen molar-refractivity contribution in [1.82, 2.24) is 15.4 Å². The number of aromatic nitrogens is 3. The SMILES string of the molecule is [Co].c1cnnnc1. The van der Waals surface area contributed by atoms with Gasteiger partial charge in [-0.1, -0.05) is 0 Å². The van der Waals surface area contributed by atoms with Crippen LogP contribution in [0.3, 0.4) is 0 Å². The molecule has 7 heavy (non-hydrogen) atoms. The van der Waals surface area contributed by atoms with Crippen molar-refractivity contribution in [2.24, 2.45) is 0 Å². The van der Waals surface area contributed by atoms with Gasteiger partial charge in [0.05, 0.1) is 12.4 Å². The fraction of sp³-hybridized carbons (Fsp3) is 0. The molecule has 3 nitrogen and oxygen atoms in total. The maximum atomic E-state index is 3.42. The van der Waals surface area contributed by atoms with Crippen molar-refractivity contribution in [3.8, 4) is 0 Å². The Bertz CT molecular complexity index is 82.1. The molecule has 0 aromatic carbocycles. The van der Waals surface area contributed by atoms with Crippen LogP contribution in [0, 0.1) is 0 Å². The average molecular weight is 140 g/mol. The van der Waals surface area contributed by atoms with Crippen LogP contribution in [0.2, 0.25) is 0 Å². The van der Waals surface area contributed by atoms with Gasteiger partial charge in [0.1, 0.15) is 0 Å². The van der Waals surface area contributed by atoms with Gasteiger partial charge in [-0.15, -0.1) is 10.2 Å². The first-order valence-electron chi connectivity index (χ1n) is 1.58. The molecule has 0 amide bonds. The smallest absolute Gasteiger partial charge is 0.0529 e.